The molecule has 0 N–H and O–H groups in total. The zero-order chi connectivity index (χ0) is 37.0. The van der Waals surface area contributed by atoms with Crippen LogP contribution < -0.4 is 0 Å². The lowest BCUT2D eigenvalue weighted by Gasteiger charge is -2.15. The first kappa shape index (κ1) is 32.2. The maximum atomic E-state index is 4.99. The molecule has 3 heterocycles. The Hall–Kier alpha value is -7.21. The van der Waals surface area contributed by atoms with E-state index in [1.165, 1.54) is 64.2 Å². The highest BCUT2D eigenvalue weighted by atomic mass is 32.1. The van der Waals surface area contributed by atoms with E-state index in [9.17, 15) is 0 Å². The summed E-state index contributed by atoms with van der Waals surface area (Å²) in [6.07, 6.45) is 0. The number of hydrogen-bond donors (Lipinski definition) is 0. The second kappa shape index (κ2) is 13.3. The average molecular weight is 733 g/mol. The Morgan fingerprint density at radius 3 is 1.64 bits per heavy atom. The molecule has 0 spiro atoms. The molecule has 0 amide bonds. The van der Waals surface area contributed by atoms with E-state index >= 15 is 0 Å². The molecule has 0 unspecified atom stereocenters. The molecule has 0 saturated carbocycles. The largest absolute Gasteiger partial charge is 0.309 e. The van der Waals surface area contributed by atoms with Crippen molar-refractivity contribution < 1.29 is 0 Å². The summed E-state index contributed by atoms with van der Waals surface area (Å²) in [6.45, 7) is 0. The van der Waals surface area contributed by atoms with Crippen LogP contribution in [0.1, 0.15) is 0 Å². The van der Waals surface area contributed by atoms with E-state index in [1.807, 2.05) is 60.7 Å². The molecule has 0 bridgehead atoms. The van der Waals surface area contributed by atoms with Gasteiger partial charge in [-0.3, -0.25) is 0 Å². The molecule has 0 fully saturated rings. The van der Waals surface area contributed by atoms with E-state index in [-0.39, 0.29) is 0 Å². The van der Waals surface area contributed by atoms with Crippen LogP contribution in [-0.2, 0) is 0 Å². The quantitative estimate of drug-likeness (QED) is 0.171. The van der Waals surface area contributed by atoms with Crippen molar-refractivity contribution in [2.75, 3.05) is 0 Å². The lowest BCUT2D eigenvalue weighted by atomic mass is 9.92. The third kappa shape index (κ3) is 5.40. The summed E-state index contributed by atoms with van der Waals surface area (Å²) >= 11 is 1.81. The van der Waals surface area contributed by atoms with Gasteiger partial charge in [0.05, 0.1) is 11.0 Å². The zero-order valence-electron chi connectivity index (χ0n) is 30.2. The standard InChI is InChI=1S/C51H32N4S/c1-4-15-33(16-5-1)49-52-50(34-17-6-2-7-18-34)54-51(53-49)36-27-29-41-44-31-35(28-30-46(44)56-47(41)32-36)38-21-10-11-22-39(38)42-24-14-25-43-40-23-12-13-26-45(40)55(48(42)43)37-19-8-3-9-20-37/h1-32H. The second-order valence-corrected chi connectivity index (χ2v) is 15.1. The van der Waals surface area contributed by atoms with E-state index in [4.69, 9.17) is 15.0 Å². The molecule has 0 radical (unpaired) electrons. The van der Waals surface area contributed by atoms with Crippen molar-refractivity contribution in [2.24, 2.45) is 0 Å². The molecule has 11 aromatic rings. The number of benzene rings is 8. The molecule has 0 aliphatic rings. The Labute approximate surface area is 327 Å². The van der Waals surface area contributed by atoms with Gasteiger partial charge >= 0.3 is 0 Å². The first-order chi connectivity index (χ1) is 27.8. The predicted molar refractivity (Wildman–Crippen MR) is 234 cm³/mol. The second-order valence-electron chi connectivity index (χ2n) is 14.0. The van der Waals surface area contributed by atoms with Crippen LogP contribution in [0, 0.1) is 0 Å². The van der Waals surface area contributed by atoms with Crippen LogP contribution in [0.4, 0.5) is 0 Å². The van der Waals surface area contributed by atoms with E-state index in [0.717, 1.165) is 22.4 Å². The van der Waals surface area contributed by atoms with E-state index in [0.29, 0.717) is 17.5 Å². The van der Waals surface area contributed by atoms with Gasteiger partial charge in [0, 0.05) is 58.9 Å². The maximum absolute atomic E-state index is 4.99. The van der Waals surface area contributed by atoms with Crippen molar-refractivity contribution in [2.45, 2.75) is 0 Å². The highest BCUT2D eigenvalue weighted by Crippen LogP contribution is 2.43. The van der Waals surface area contributed by atoms with Crippen molar-refractivity contribution in [3.05, 3.63) is 194 Å². The van der Waals surface area contributed by atoms with Crippen molar-refractivity contribution >= 4 is 53.3 Å². The smallest absolute Gasteiger partial charge is 0.164 e. The number of thiophene rings is 1. The number of hydrogen-bond acceptors (Lipinski definition) is 4. The number of fused-ring (bicyclic) bond motifs is 6. The first-order valence-electron chi connectivity index (χ1n) is 18.8. The van der Waals surface area contributed by atoms with E-state index < -0.39 is 0 Å². The molecule has 0 saturated heterocycles. The minimum atomic E-state index is 0.661. The maximum Gasteiger partial charge on any atom is 0.164 e. The molecular weight excluding hydrogens is 701 g/mol. The van der Waals surface area contributed by atoms with Gasteiger partial charge in [0.1, 0.15) is 0 Å². The fourth-order valence-corrected chi connectivity index (χ4v) is 9.20. The summed E-state index contributed by atoms with van der Waals surface area (Å²) in [7, 11) is 0. The number of rotatable bonds is 6. The van der Waals surface area contributed by atoms with Gasteiger partial charge in [0.2, 0.25) is 0 Å². The Balaban J connectivity index is 1.05. The number of aromatic nitrogens is 4. The van der Waals surface area contributed by atoms with Crippen LogP contribution in [0.2, 0.25) is 0 Å². The Morgan fingerprint density at radius 2 is 0.911 bits per heavy atom. The SMILES string of the molecule is c1ccc(-c2nc(-c3ccccc3)nc(-c3ccc4c(c3)sc3ccc(-c5ccccc5-c5cccc6c7ccccc7n(-c7ccccc7)c56)cc34)n2)cc1. The highest BCUT2D eigenvalue weighted by molar-refractivity contribution is 7.25. The minimum absolute atomic E-state index is 0.661. The summed E-state index contributed by atoms with van der Waals surface area (Å²) in [5.74, 6) is 1.98. The topological polar surface area (TPSA) is 43.6 Å². The van der Waals surface area contributed by atoms with Gasteiger partial charge in [-0.05, 0) is 53.1 Å². The molecule has 0 aliphatic carbocycles. The van der Waals surface area contributed by atoms with Gasteiger partial charge in [0.25, 0.3) is 0 Å². The van der Waals surface area contributed by atoms with Crippen LogP contribution >= 0.6 is 11.3 Å². The van der Waals surface area contributed by atoms with Crippen LogP contribution in [0.25, 0.3) is 104 Å². The summed E-state index contributed by atoms with van der Waals surface area (Å²) in [5, 5.41) is 4.96. The lowest BCUT2D eigenvalue weighted by Crippen LogP contribution is -1.99. The fourth-order valence-electron chi connectivity index (χ4n) is 8.07. The van der Waals surface area contributed by atoms with Gasteiger partial charge in [-0.2, -0.15) is 0 Å². The van der Waals surface area contributed by atoms with Gasteiger partial charge in [-0.25, -0.2) is 15.0 Å². The van der Waals surface area contributed by atoms with E-state index in [1.54, 1.807) is 11.3 Å². The fraction of sp³-hybridized carbons (Fsp3) is 0. The summed E-state index contributed by atoms with van der Waals surface area (Å²) < 4.78 is 4.86. The van der Waals surface area contributed by atoms with Crippen molar-refractivity contribution in [1.29, 1.82) is 0 Å². The summed E-state index contributed by atoms with van der Waals surface area (Å²) in [4.78, 5) is 14.9. The zero-order valence-corrected chi connectivity index (χ0v) is 31.0. The van der Waals surface area contributed by atoms with Crippen molar-refractivity contribution in [3.63, 3.8) is 0 Å². The summed E-state index contributed by atoms with van der Waals surface area (Å²) in [5.41, 5.74) is 11.3. The van der Waals surface area contributed by atoms with Crippen LogP contribution in [0.15, 0.2) is 194 Å². The van der Waals surface area contributed by atoms with Gasteiger partial charge < -0.3 is 4.57 Å². The lowest BCUT2D eigenvalue weighted by molar-refractivity contribution is 1.07. The molecule has 56 heavy (non-hydrogen) atoms. The Morgan fingerprint density at radius 1 is 0.339 bits per heavy atom. The third-order valence-corrected chi connectivity index (χ3v) is 11.8. The molecule has 4 nitrogen and oxygen atoms in total. The first-order valence-corrected chi connectivity index (χ1v) is 19.6. The average Bonchev–Trinajstić information content (AvgIpc) is 3.82. The minimum Gasteiger partial charge on any atom is -0.309 e. The molecule has 0 atom stereocenters. The Kier molecular flexibility index (Phi) is 7.64. The van der Waals surface area contributed by atoms with Gasteiger partial charge in [-0.15, -0.1) is 11.3 Å². The molecular formula is C51H32N4S. The van der Waals surface area contributed by atoms with E-state index in [2.05, 4.69) is 138 Å². The van der Waals surface area contributed by atoms with Crippen molar-refractivity contribution in [1.82, 2.24) is 19.5 Å². The Bertz CT molecular complexity index is 3180. The van der Waals surface area contributed by atoms with Crippen LogP contribution in [0.3, 0.4) is 0 Å². The molecule has 5 heteroatoms. The number of nitrogens with zero attached hydrogens (tertiary/aromatic N) is 4. The number of para-hydroxylation sites is 3. The van der Waals surface area contributed by atoms with Crippen molar-refractivity contribution in [3.8, 4) is 62.1 Å². The summed E-state index contributed by atoms with van der Waals surface area (Å²) in [6, 6.07) is 68.7. The highest BCUT2D eigenvalue weighted by Gasteiger charge is 2.19. The predicted octanol–water partition coefficient (Wildman–Crippen LogP) is 13.7. The van der Waals surface area contributed by atoms with Crippen LogP contribution in [0.5, 0.6) is 0 Å². The molecule has 3 aromatic heterocycles. The van der Waals surface area contributed by atoms with Gasteiger partial charge in [0.15, 0.2) is 17.5 Å². The van der Waals surface area contributed by atoms with Gasteiger partial charge in [-0.1, -0.05) is 158 Å². The molecule has 8 aromatic carbocycles. The van der Waals surface area contributed by atoms with Crippen LogP contribution in [-0.4, -0.2) is 19.5 Å². The third-order valence-electron chi connectivity index (χ3n) is 10.7. The molecule has 0 aliphatic heterocycles. The monoisotopic (exact) mass is 732 g/mol. The molecule has 262 valence electrons. The normalized spacial score (nSPS) is 11.6. The molecule has 11 rings (SSSR count).